The molecule has 86 valence electrons. The first-order chi connectivity index (χ1) is 7.58. The van der Waals surface area contributed by atoms with E-state index in [0.717, 1.165) is 22.9 Å². The van der Waals surface area contributed by atoms with Crippen molar-refractivity contribution in [3.05, 3.63) is 28.2 Å². The van der Waals surface area contributed by atoms with Crippen molar-refractivity contribution in [2.45, 2.75) is 25.9 Å². The molecule has 1 aromatic rings. The van der Waals surface area contributed by atoms with Crippen molar-refractivity contribution in [1.82, 2.24) is 0 Å². The second-order valence-electron chi connectivity index (χ2n) is 4.12. The lowest BCUT2D eigenvalue weighted by atomic mass is 10.2. The zero-order chi connectivity index (χ0) is 11.7. The van der Waals surface area contributed by atoms with Crippen molar-refractivity contribution in [3.8, 4) is 5.75 Å². The molecule has 0 bridgehead atoms. The Hall–Kier alpha value is -1.03. The fourth-order valence-corrected chi connectivity index (χ4v) is 2.10. The van der Waals surface area contributed by atoms with Gasteiger partial charge in [-0.05, 0) is 43.5 Å². The third kappa shape index (κ3) is 2.55. The summed E-state index contributed by atoms with van der Waals surface area (Å²) in [6, 6.07) is 5.58. The number of carboxylic acids is 1. The van der Waals surface area contributed by atoms with Crippen molar-refractivity contribution >= 4 is 21.9 Å². The van der Waals surface area contributed by atoms with Crippen LogP contribution < -0.4 is 4.74 Å². The summed E-state index contributed by atoms with van der Waals surface area (Å²) in [4.78, 5) is 11.0. The summed E-state index contributed by atoms with van der Waals surface area (Å²) >= 11 is 3.36. The lowest BCUT2D eigenvalue weighted by molar-refractivity contribution is -0.146. The maximum Gasteiger partial charge on any atom is 0.345 e. The van der Waals surface area contributed by atoms with Gasteiger partial charge >= 0.3 is 5.97 Å². The van der Waals surface area contributed by atoms with Gasteiger partial charge in [0.2, 0.25) is 0 Å². The van der Waals surface area contributed by atoms with Crippen LogP contribution in [0.3, 0.4) is 0 Å². The van der Waals surface area contributed by atoms with Crippen molar-refractivity contribution in [2.75, 3.05) is 0 Å². The van der Waals surface area contributed by atoms with Crippen molar-refractivity contribution < 1.29 is 14.6 Å². The van der Waals surface area contributed by atoms with E-state index in [2.05, 4.69) is 15.9 Å². The fraction of sp³-hybridized carbons (Fsp3) is 0.417. The van der Waals surface area contributed by atoms with E-state index in [-0.39, 0.29) is 5.92 Å². The first-order valence-corrected chi connectivity index (χ1v) is 6.03. The minimum atomic E-state index is -0.871. The smallest absolute Gasteiger partial charge is 0.345 e. The molecular formula is C12H13BrO3. The summed E-state index contributed by atoms with van der Waals surface area (Å²) in [6.07, 6.45) is 1.21. The number of rotatable bonds is 4. The number of halogens is 1. The highest BCUT2D eigenvalue weighted by molar-refractivity contribution is 9.10. The lowest BCUT2D eigenvalue weighted by Gasteiger charge is -2.16. The zero-order valence-electron chi connectivity index (χ0n) is 8.94. The predicted octanol–water partition coefficient (Wildman–Crippen LogP) is 3.00. The number of ether oxygens (including phenoxy) is 1. The van der Waals surface area contributed by atoms with Crippen molar-refractivity contribution in [1.29, 1.82) is 0 Å². The molecule has 0 amide bonds. The molecule has 1 aliphatic carbocycles. The van der Waals surface area contributed by atoms with Gasteiger partial charge < -0.3 is 9.84 Å². The molecule has 0 aromatic heterocycles. The van der Waals surface area contributed by atoms with Crippen LogP contribution in [0, 0.1) is 12.8 Å². The first kappa shape index (κ1) is 11.5. The quantitative estimate of drug-likeness (QED) is 0.925. The summed E-state index contributed by atoms with van der Waals surface area (Å²) in [6.45, 7) is 1.91. The van der Waals surface area contributed by atoms with Crippen LogP contribution in [0.15, 0.2) is 22.7 Å². The van der Waals surface area contributed by atoms with E-state index in [1.54, 1.807) is 6.07 Å². The van der Waals surface area contributed by atoms with Crippen LogP contribution in [0.5, 0.6) is 5.75 Å². The van der Waals surface area contributed by atoms with Crippen LogP contribution in [0.1, 0.15) is 18.4 Å². The summed E-state index contributed by atoms with van der Waals surface area (Å²) in [5.41, 5.74) is 0.946. The first-order valence-electron chi connectivity index (χ1n) is 5.23. The van der Waals surface area contributed by atoms with Gasteiger partial charge in [0.15, 0.2) is 6.10 Å². The molecule has 1 atom stereocenters. The standard InChI is InChI=1S/C12H13BrO3/c1-7-6-9(13)4-5-10(7)16-11(12(14)15)8-2-3-8/h4-6,8,11H,2-3H2,1H3,(H,14,15). The maximum absolute atomic E-state index is 11.0. The third-order valence-electron chi connectivity index (χ3n) is 2.68. The van der Waals surface area contributed by atoms with E-state index < -0.39 is 12.1 Å². The number of hydrogen-bond donors (Lipinski definition) is 1. The predicted molar refractivity (Wildman–Crippen MR) is 63.7 cm³/mol. The number of hydrogen-bond acceptors (Lipinski definition) is 2. The van der Waals surface area contributed by atoms with Crippen molar-refractivity contribution in [3.63, 3.8) is 0 Å². The Bertz CT molecular complexity index is 413. The minimum absolute atomic E-state index is 0.181. The molecule has 1 N–H and O–H groups in total. The molecule has 1 aromatic carbocycles. The van der Waals surface area contributed by atoms with E-state index in [1.807, 2.05) is 19.1 Å². The maximum atomic E-state index is 11.0. The second-order valence-corrected chi connectivity index (χ2v) is 5.04. The SMILES string of the molecule is Cc1cc(Br)ccc1OC(C(=O)O)C1CC1. The van der Waals surface area contributed by atoms with E-state index in [0.29, 0.717) is 5.75 Å². The third-order valence-corrected chi connectivity index (χ3v) is 3.18. The van der Waals surface area contributed by atoms with Crippen molar-refractivity contribution in [2.24, 2.45) is 5.92 Å². The Kier molecular flexibility index (Phi) is 3.19. The van der Waals surface area contributed by atoms with Crippen LogP contribution in [-0.4, -0.2) is 17.2 Å². The minimum Gasteiger partial charge on any atom is -0.478 e. The summed E-state index contributed by atoms with van der Waals surface area (Å²) in [7, 11) is 0. The molecule has 1 unspecified atom stereocenters. The summed E-state index contributed by atoms with van der Waals surface area (Å²) in [5.74, 6) is -0.0344. The lowest BCUT2D eigenvalue weighted by Crippen LogP contribution is -2.29. The van der Waals surface area contributed by atoms with Crippen LogP contribution in [-0.2, 0) is 4.79 Å². The van der Waals surface area contributed by atoms with Gasteiger partial charge in [-0.15, -0.1) is 0 Å². The number of aryl methyl sites for hydroxylation is 1. The molecule has 0 saturated heterocycles. The fourth-order valence-electron chi connectivity index (χ4n) is 1.63. The average molecular weight is 285 g/mol. The monoisotopic (exact) mass is 284 g/mol. The molecule has 4 heteroatoms. The van der Waals surface area contributed by atoms with Crippen LogP contribution >= 0.6 is 15.9 Å². The highest BCUT2D eigenvalue weighted by atomic mass is 79.9. The Morgan fingerprint density at radius 3 is 2.75 bits per heavy atom. The van der Waals surface area contributed by atoms with E-state index in [9.17, 15) is 4.79 Å². The van der Waals surface area contributed by atoms with Crippen LogP contribution in [0.4, 0.5) is 0 Å². The highest BCUT2D eigenvalue weighted by Crippen LogP contribution is 2.36. The largest absolute Gasteiger partial charge is 0.478 e. The van der Waals surface area contributed by atoms with Crippen LogP contribution in [0.25, 0.3) is 0 Å². The number of aliphatic carboxylic acids is 1. The van der Waals surface area contributed by atoms with Gasteiger partial charge in [-0.3, -0.25) is 0 Å². The van der Waals surface area contributed by atoms with Gasteiger partial charge in [0.1, 0.15) is 5.75 Å². The molecule has 1 saturated carbocycles. The molecule has 1 fully saturated rings. The summed E-state index contributed by atoms with van der Waals surface area (Å²) < 4.78 is 6.53. The average Bonchev–Trinajstić information content (AvgIpc) is 2.99. The van der Waals surface area contributed by atoms with Gasteiger partial charge in [-0.25, -0.2) is 4.79 Å². The number of carbonyl (C=O) groups is 1. The molecule has 0 heterocycles. The highest BCUT2D eigenvalue weighted by Gasteiger charge is 2.38. The molecule has 16 heavy (non-hydrogen) atoms. The molecule has 0 radical (unpaired) electrons. The molecular weight excluding hydrogens is 272 g/mol. The Morgan fingerprint density at radius 1 is 1.56 bits per heavy atom. The molecule has 1 aliphatic rings. The second kappa shape index (κ2) is 4.45. The Balaban J connectivity index is 2.15. The van der Waals surface area contributed by atoms with Gasteiger partial charge in [0.05, 0.1) is 0 Å². The molecule has 0 aliphatic heterocycles. The Morgan fingerprint density at radius 2 is 2.25 bits per heavy atom. The van der Waals surface area contributed by atoms with Crippen LogP contribution in [0.2, 0.25) is 0 Å². The molecule has 0 spiro atoms. The van der Waals surface area contributed by atoms with Gasteiger partial charge in [-0.1, -0.05) is 15.9 Å². The van der Waals surface area contributed by atoms with Gasteiger partial charge in [-0.2, -0.15) is 0 Å². The van der Waals surface area contributed by atoms with E-state index >= 15 is 0 Å². The number of carboxylic acid groups (broad SMARTS) is 1. The topological polar surface area (TPSA) is 46.5 Å². The summed E-state index contributed by atoms with van der Waals surface area (Å²) in [5, 5.41) is 9.06. The normalized spacial score (nSPS) is 16.9. The van der Waals surface area contributed by atoms with E-state index in [4.69, 9.17) is 9.84 Å². The number of benzene rings is 1. The van der Waals surface area contributed by atoms with Gasteiger partial charge in [0, 0.05) is 10.4 Å². The molecule has 2 rings (SSSR count). The zero-order valence-corrected chi connectivity index (χ0v) is 10.5. The van der Waals surface area contributed by atoms with E-state index in [1.165, 1.54) is 0 Å². The Labute approximate surface area is 103 Å². The molecule has 3 nitrogen and oxygen atoms in total. The van der Waals surface area contributed by atoms with Gasteiger partial charge in [0.25, 0.3) is 0 Å².